The average Bonchev–Trinajstić information content (AvgIpc) is 2.37. The highest BCUT2D eigenvalue weighted by Crippen LogP contribution is 2.36. The predicted molar refractivity (Wildman–Crippen MR) is 76.0 cm³/mol. The van der Waals surface area contributed by atoms with Crippen LogP contribution in [0.25, 0.3) is 0 Å². The van der Waals surface area contributed by atoms with Crippen molar-refractivity contribution in [3.8, 4) is 0 Å². The fourth-order valence-corrected chi connectivity index (χ4v) is 3.30. The van der Waals surface area contributed by atoms with E-state index in [0.717, 1.165) is 23.6 Å². The van der Waals surface area contributed by atoms with E-state index in [4.69, 9.17) is 4.74 Å². The quantitative estimate of drug-likeness (QED) is 0.447. The molecule has 0 atom stereocenters. The summed E-state index contributed by atoms with van der Waals surface area (Å²) in [4.78, 5) is 12.4. The molecule has 0 N–H and O–H groups in total. The second-order valence-corrected chi connectivity index (χ2v) is 6.23. The van der Waals surface area contributed by atoms with E-state index < -0.39 is 0 Å². The molecule has 0 radical (unpaired) electrons. The molecule has 2 rings (SSSR count). The molecule has 3 heteroatoms. The molecule has 1 saturated carbocycles. The van der Waals surface area contributed by atoms with Crippen LogP contribution >= 0.6 is 15.9 Å². The van der Waals surface area contributed by atoms with Gasteiger partial charge in [0.1, 0.15) is 0 Å². The van der Waals surface area contributed by atoms with Gasteiger partial charge in [-0.05, 0) is 43.7 Å². The first kappa shape index (κ1) is 13.6. The van der Waals surface area contributed by atoms with E-state index in [2.05, 4.69) is 15.9 Å². The molecule has 0 spiro atoms. The lowest BCUT2D eigenvalue weighted by molar-refractivity contribution is 0.0495. The molecule has 1 aliphatic rings. The van der Waals surface area contributed by atoms with Crippen molar-refractivity contribution >= 4 is 21.9 Å². The van der Waals surface area contributed by atoms with E-state index in [9.17, 15) is 4.79 Å². The van der Waals surface area contributed by atoms with Gasteiger partial charge in [-0.2, -0.15) is 0 Å². The third-order valence-corrected chi connectivity index (χ3v) is 4.18. The number of halogens is 1. The molecule has 0 aliphatic heterocycles. The van der Waals surface area contributed by atoms with E-state index in [1.165, 1.54) is 19.3 Å². The number of ether oxygens (including phenoxy) is 1. The standard InChI is InChI=1S/C15H19BrO2/c16-14-10-12(11-14)6-4-5-9-18-15(17)13-7-2-1-3-8-13/h1-3,7-8,12,14H,4-6,9-11H2. The number of carbonyl (C=O) groups is 1. The number of carbonyl (C=O) groups excluding carboxylic acids is 1. The molecule has 1 aromatic carbocycles. The van der Waals surface area contributed by atoms with Crippen molar-refractivity contribution in [3.63, 3.8) is 0 Å². The van der Waals surface area contributed by atoms with Crippen LogP contribution in [0.15, 0.2) is 30.3 Å². The maximum absolute atomic E-state index is 11.6. The van der Waals surface area contributed by atoms with Gasteiger partial charge in [0.15, 0.2) is 0 Å². The average molecular weight is 311 g/mol. The van der Waals surface area contributed by atoms with Crippen LogP contribution in [-0.2, 0) is 4.74 Å². The van der Waals surface area contributed by atoms with Crippen molar-refractivity contribution in [2.75, 3.05) is 6.61 Å². The third-order valence-electron chi connectivity index (χ3n) is 3.43. The summed E-state index contributed by atoms with van der Waals surface area (Å²) in [5.74, 6) is 0.680. The largest absolute Gasteiger partial charge is 0.462 e. The first-order valence-electron chi connectivity index (χ1n) is 6.62. The lowest BCUT2D eigenvalue weighted by Crippen LogP contribution is -2.23. The molecule has 1 fully saturated rings. The SMILES string of the molecule is O=C(OCCCCC1CC(Br)C1)c1ccccc1. The zero-order chi connectivity index (χ0) is 12.8. The Balaban J connectivity index is 1.54. The Morgan fingerprint density at radius 2 is 1.94 bits per heavy atom. The van der Waals surface area contributed by atoms with Gasteiger partial charge in [-0.1, -0.05) is 40.5 Å². The highest BCUT2D eigenvalue weighted by molar-refractivity contribution is 9.09. The summed E-state index contributed by atoms with van der Waals surface area (Å²) >= 11 is 3.60. The number of esters is 1. The van der Waals surface area contributed by atoms with E-state index in [1.807, 2.05) is 18.2 Å². The van der Waals surface area contributed by atoms with E-state index in [-0.39, 0.29) is 5.97 Å². The molecule has 0 bridgehead atoms. The van der Waals surface area contributed by atoms with Crippen LogP contribution in [0.3, 0.4) is 0 Å². The molecule has 1 aromatic rings. The molecule has 18 heavy (non-hydrogen) atoms. The third kappa shape index (κ3) is 4.13. The Hall–Kier alpha value is -0.830. The van der Waals surface area contributed by atoms with Crippen LogP contribution in [0.4, 0.5) is 0 Å². The molecule has 1 aliphatic carbocycles. The minimum atomic E-state index is -0.209. The second kappa shape index (κ2) is 6.93. The molecule has 0 amide bonds. The van der Waals surface area contributed by atoms with Gasteiger partial charge in [-0.25, -0.2) is 4.79 Å². The summed E-state index contributed by atoms with van der Waals surface area (Å²) in [5, 5.41) is 0. The van der Waals surface area contributed by atoms with Crippen LogP contribution in [-0.4, -0.2) is 17.4 Å². The molecule has 0 unspecified atom stereocenters. The minimum Gasteiger partial charge on any atom is -0.462 e. The topological polar surface area (TPSA) is 26.3 Å². The normalized spacial score (nSPS) is 22.3. The summed E-state index contributed by atoms with van der Waals surface area (Å²) in [5.41, 5.74) is 0.638. The summed E-state index contributed by atoms with van der Waals surface area (Å²) < 4.78 is 5.23. The fraction of sp³-hybridized carbons (Fsp3) is 0.533. The molecule has 2 nitrogen and oxygen atoms in total. The smallest absolute Gasteiger partial charge is 0.338 e. The van der Waals surface area contributed by atoms with Crippen LogP contribution in [0.2, 0.25) is 0 Å². The number of unbranched alkanes of at least 4 members (excludes halogenated alkanes) is 1. The van der Waals surface area contributed by atoms with Crippen molar-refractivity contribution in [2.45, 2.75) is 36.9 Å². The number of alkyl halides is 1. The van der Waals surface area contributed by atoms with Crippen LogP contribution in [0.1, 0.15) is 42.5 Å². The molecular weight excluding hydrogens is 292 g/mol. The van der Waals surface area contributed by atoms with Gasteiger partial charge in [0, 0.05) is 4.83 Å². The Morgan fingerprint density at radius 1 is 1.22 bits per heavy atom. The first-order valence-corrected chi connectivity index (χ1v) is 7.53. The fourth-order valence-electron chi connectivity index (χ4n) is 2.25. The van der Waals surface area contributed by atoms with Gasteiger partial charge < -0.3 is 4.74 Å². The maximum atomic E-state index is 11.6. The molecule has 98 valence electrons. The van der Waals surface area contributed by atoms with Crippen molar-refractivity contribution in [2.24, 2.45) is 5.92 Å². The second-order valence-electron chi connectivity index (χ2n) is 4.93. The monoisotopic (exact) mass is 310 g/mol. The summed E-state index contributed by atoms with van der Waals surface area (Å²) in [7, 11) is 0. The molecule has 0 aromatic heterocycles. The van der Waals surface area contributed by atoms with Gasteiger partial charge in [-0.3, -0.25) is 0 Å². The van der Waals surface area contributed by atoms with Crippen LogP contribution in [0, 0.1) is 5.92 Å². The molecular formula is C15H19BrO2. The van der Waals surface area contributed by atoms with Crippen molar-refractivity contribution < 1.29 is 9.53 Å². The lowest BCUT2D eigenvalue weighted by Gasteiger charge is -2.31. The summed E-state index contributed by atoms with van der Waals surface area (Å²) in [6, 6.07) is 9.17. The highest BCUT2D eigenvalue weighted by Gasteiger charge is 2.25. The van der Waals surface area contributed by atoms with E-state index in [1.54, 1.807) is 12.1 Å². The summed E-state index contributed by atoms with van der Waals surface area (Å²) in [6.45, 7) is 0.540. The van der Waals surface area contributed by atoms with Crippen LogP contribution < -0.4 is 0 Å². The first-order chi connectivity index (χ1) is 8.75. The number of benzene rings is 1. The predicted octanol–water partition coefficient (Wildman–Crippen LogP) is 4.19. The van der Waals surface area contributed by atoms with Gasteiger partial charge >= 0.3 is 5.97 Å². The van der Waals surface area contributed by atoms with Crippen molar-refractivity contribution in [3.05, 3.63) is 35.9 Å². The van der Waals surface area contributed by atoms with Gasteiger partial charge in [-0.15, -0.1) is 0 Å². The number of rotatable bonds is 6. The van der Waals surface area contributed by atoms with Crippen molar-refractivity contribution in [1.29, 1.82) is 0 Å². The Kier molecular flexibility index (Phi) is 5.24. The van der Waals surface area contributed by atoms with Gasteiger partial charge in [0.2, 0.25) is 0 Å². The van der Waals surface area contributed by atoms with Crippen molar-refractivity contribution in [1.82, 2.24) is 0 Å². The molecule has 0 saturated heterocycles. The molecule has 0 heterocycles. The Bertz CT molecular complexity index is 371. The Morgan fingerprint density at radius 3 is 2.61 bits per heavy atom. The number of hydrogen-bond donors (Lipinski definition) is 0. The minimum absolute atomic E-state index is 0.209. The zero-order valence-corrected chi connectivity index (χ0v) is 12.1. The number of hydrogen-bond acceptors (Lipinski definition) is 2. The maximum Gasteiger partial charge on any atom is 0.338 e. The zero-order valence-electron chi connectivity index (χ0n) is 10.5. The lowest BCUT2D eigenvalue weighted by atomic mass is 9.82. The van der Waals surface area contributed by atoms with Gasteiger partial charge in [0.05, 0.1) is 12.2 Å². The van der Waals surface area contributed by atoms with E-state index >= 15 is 0 Å². The summed E-state index contributed by atoms with van der Waals surface area (Å²) in [6.07, 6.45) is 6.02. The van der Waals surface area contributed by atoms with Gasteiger partial charge in [0.25, 0.3) is 0 Å². The Labute approximate surface area is 117 Å². The highest BCUT2D eigenvalue weighted by atomic mass is 79.9. The van der Waals surface area contributed by atoms with E-state index in [0.29, 0.717) is 12.2 Å². The van der Waals surface area contributed by atoms with Crippen LogP contribution in [0.5, 0.6) is 0 Å².